The minimum atomic E-state index is -0.121. The molecule has 0 radical (unpaired) electrons. The first-order valence-electron chi connectivity index (χ1n) is 8.86. The van der Waals surface area contributed by atoms with Crippen molar-refractivity contribution in [2.75, 3.05) is 30.0 Å². The molecule has 0 aliphatic carbocycles. The van der Waals surface area contributed by atoms with Crippen molar-refractivity contribution in [2.45, 2.75) is 39.0 Å². The number of benzene rings is 1. The number of fused-ring (bicyclic) bond motifs is 1. The Bertz CT molecular complexity index is 826. The zero-order valence-corrected chi connectivity index (χ0v) is 14.8. The van der Waals surface area contributed by atoms with Crippen LogP contribution in [0.3, 0.4) is 0 Å². The number of H-pyrrole nitrogens is 1. The molecule has 132 valence electrons. The molecule has 0 spiro atoms. The van der Waals surface area contributed by atoms with Crippen molar-refractivity contribution >= 4 is 11.4 Å². The highest BCUT2D eigenvalue weighted by Gasteiger charge is 2.26. The van der Waals surface area contributed by atoms with E-state index in [9.17, 15) is 4.79 Å². The molecule has 2 aliphatic heterocycles. The lowest BCUT2D eigenvalue weighted by Gasteiger charge is -2.25. The number of nitrogens with one attached hydrogen (secondary N) is 1. The zero-order chi connectivity index (χ0) is 17.4. The summed E-state index contributed by atoms with van der Waals surface area (Å²) in [5, 5.41) is 6.47. The third-order valence-electron chi connectivity index (χ3n) is 5.29. The van der Waals surface area contributed by atoms with Crippen LogP contribution in [-0.4, -0.2) is 36.5 Å². The summed E-state index contributed by atoms with van der Waals surface area (Å²) in [6.07, 6.45) is 4.38. The summed E-state index contributed by atoms with van der Waals surface area (Å²) >= 11 is 0. The Morgan fingerprint density at radius 3 is 3.08 bits per heavy atom. The van der Waals surface area contributed by atoms with Gasteiger partial charge in [0.15, 0.2) is 0 Å². The molecule has 6 nitrogen and oxygen atoms in total. The van der Waals surface area contributed by atoms with Gasteiger partial charge in [-0.2, -0.15) is 5.10 Å². The smallest absolute Gasteiger partial charge is 0.269 e. The fraction of sp³-hybridized carbons (Fsp3) is 0.474. The predicted molar refractivity (Wildman–Crippen MR) is 98.2 cm³/mol. The van der Waals surface area contributed by atoms with Crippen molar-refractivity contribution in [3.05, 3.63) is 51.4 Å². The molecule has 4 rings (SSSR count). The van der Waals surface area contributed by atoms with Crippen LogP contribution < -0.4 is 15.4 Å². The summed E-state index contributed by atoms with van der Waals surface area (Å²) in [4.78, 5) is 16.4. The fourth-order valence-electron chi connectivity index (χ4n) is 3.89. The number of rotatable bonds is 4. The molecule has 1 aromatic carbocycles. The van der Waals surface area contributed by atoms with Gasteiger partial charge in [-0.1, -0.05) is 12.1 Å². The van der Waals surface area contributed by atoms with E-state index >= 15 is 0 Å². The molecule has 0 saturated carbocycles. The van der Waals surface area contributed by atoms with Gasteiger partial charge in [0.2, 0.25) is 0 Å². The zero-order valence-electron chi connectivity index (χ0n) is 14.8. The SMILES string of the molecule is Cc1c(N2Cc3cccc(N(C)CC4CCCO4)c3C2)cn[nH]c1=O. The summed E-state index contributed by atoms with van der Waals surface area (Å²) in [6, 6.07) is 6.47. The summed E-state index contributed by atoms with van der Waals surface area (Å²) < 4.78 is 5.79. The first-order valence-corrected chi connectivity index (χ1v) is 8.86. The minimum Gasteiger partial charge on any atom is -0.376 e. The Labute approximate surface area is 147 Å². The predicted octanol–water partition coefficient (Wildman–Crippen LogP) is 2.21. The molecule has 0 amide bonds. The maximum atomic E-state index is 11.9. The quantitative estimate of drug-likeness (QED) is 0.925. The molecular formula is C19H24N4O2. The van der Waals surface area contributed by atoms with Crippen molar-refractivity contribution in [3.8, 4) is 0 Å². The van der Waals surface area contributed by atoms with Crippen LogP contribution in [0.15, 0.2) is 29.2 Å². The van der Waals surface area contributed by atoms with E-state index in [2.05, 4.69) is 45.2 Å². The molecule has 1 unspecified atom stereocenters. The van der Waals surface area contributed by atoms with E-state index in [0.29, 0.717) is 6.10 Å². The molecule has 1 N–H and O–H groups in total. The highest BCUT2D eigenvalue weighted by atomic mass is 16.5. The van der Waals surface area contributed by atoms with Crippen LogP contribution in [0.2, 0.25) is 0 Å². The topological polar surface area (TPSA) is 61.5 Å². The van der Waals surface area contributed by atoms with Gasteiger partial charge in [-0.3, -0.25) is 4.79 Å². The van der Waals surface area contributed by atoms with Gasteiger partial charge in [-0.25, -0.2) is 5.10 Å². The number of hydrogen-bond donors (Lipinski definition) is 1. The number of likely N-dealkylation sites (N-methyl/N-ethyl adjacent to an activating group) is 1. The van der Waals surface area contributed by atoms with Crippen molar-refractivity contribution in [1.29, 1.82) is 0 Å². The van der Waals surface area contributed by atoms with Crippen LogP contribution in [0.1, 0.15) is 29.5 Å². The second-order valence-electron chi connectivity index (χ2n) is 7.00. The van der Waals surface area contributed by atoms with Crippen LogP contribution in [0.5, 0.6) is 0 Å². The van der Waals surface area contributed by atoms with Gasteiger partial charge >= 0.3 is 0 Å². The molecule has 0 bridgehead atoms. The van der Waals surface area contributed by atoms with Gasteiger partial charge in [0.1, 0.15) is 0 Å². The Morgan fingerprint density at radius 2 is 2.28 bits per heavy atom. The van der Waals surface area contributed by atoms with Crippen LogP contribution in [0.4, 0.5) is 11.4 Å². The van der Waals surface area contributed by atoms with E-state index < -0.39 is 0 Å². The van der Waals surface area contributed by atoms with Gasteiger partial charge in [0, 0.05) is 44.5 Å². The Kier molecular flexibility index (Phi) is 4.21. The summed E-state index contributed by atoms with van der Waals surface area (Å²) in [5.74, 6) is 0. The average Bonchev–Trinajstić information content (AvgIpc) is 3.26. The number of hydrogen-bond acceptors (Lipinski definition) is 5. The van der Waals surface area contributed by atoms with Crippen molar-refractivity contribution in [1.82, 2.24) is 10.2 Å². The van der Waals surface area contributed by atoms with Crippen LogP contribution in [0.25, 0.3) is 0 Å². The highest BCUT2D eigenvalue weighted by molar-refractivity contribution is 5.63. The van der Waals surface area contributed by atoms with Crippen molar-refractivity contribution < 1.29 is 4.74 Å². The Hall–Kier alpha value is -2.34. The second-order valence-corrected chi connectivity index (χ2v) is 7.00. The molecule has 1 aromatic heterocycles. The van der Waals surface area contributed by atoms with Crippen LogP contribution >= 0.6 is 0 Å². The largest absolute Gasteiger partial charge is 0.376 e. The van der Waals surface area contributed by atoms with E-state index in [1.807, 2.05) is 6.92 Å². The van der Waals surface area contributed by atoms with Gasteiger partial charge in [0.25, 0.3) is 5.56 Å². The van der Waals surface area contributed by atoms with E-state index in [1.54, 1.807) is 6.20 Å². The van der Waals surface area contributed by atoms with Gasteiger partial charge in [-0.05, 0) is 37.0 Å². The molecule has 2 aliphatic rings. The standard InChI is InChI=1S/C19H24N4O2/c1-13-18(9-20-21-19(13)24)23-10-14-5-3-7-17(16(14)12-23)22(2)11-15-6-4-8-25-15/h3,5,7,9,15H,4,6,8,10-12H2,1-2H3,(H,21,24). The number of aromatic amines is 1. The lowest BCUT2D eigenvalue weighted by molar-refractivity contribution is 0.116. The first-order chi connectivity index (χ1) is 12.1. The monoisotopic (exact) mass is 340 g/mol. The number of aromatic nitrogens is 2. The van der Waals surface area contributed by atoms with Gasteiger partial charge < -0.3 is 14.5 Å². The lowest BCUT2D eigenvalue weighted by Crippen LogP contribution is -2.29. The Morgan fingerprint density at radius 1 is 1.40 bits per heavy atom. The summed E-state index contributed by atoms with van der Waals surface area (Å²) in [5.41, 5.74) is 5.42. The molecular weight excluding hydrogens is 316 g/mol. The maximum absolute atomic E-state index is 11.9. The van der Waals surface area contributed by atoms with Gasteiger partial charge in [0.05, 0.1) is 18.0 Å². The molecule has 6 heteroatoms. The number of anilines is 2. The van der Waals surface area contributed by atoms with E-state index in [1.165, 1.54) is 16.8 Å². The highest BCUT2D eigenvalue weighted by Crippen LogP contribution is 2.34. The van der Waals surface area contributed by atoms with E-state index in [0.717, 1.165) is 50.3 Å². The molecule has 1 atom stereocenters. The number of nitrogens with zero attached hydrogens (tertiary/aromatic N) is 3. The van der Waals surface area contributed by atoms with Crippen molar-refractivity contribution in [2.24, 2.45) is 0 Å². The molecule has 1 saturated heterocycles. The molecule has 2 aromatic rings. The molecule has 25 heavy (non-hydrogen) atoms. The van der Waals surface area contributed by atoms with Crippen LogP contribution in [-0.2, 0) is 17.8 Å². The van der Waals surface area contributed by atoms with Gasteiger partial charge in [-0.15, -0.1) is 0 Å². The fourth-order valence-corrected chi connectivity index (χ4v) is 3.89. The lowest BCUT2D eigenvalue weighted by atomic mass is 10.1. The normalized spacial score (nSPS) is 19.3. The molecule has 1 fully saturated rings. The first kappa shape index (κ1) is 16.1. The van der Waals surface area contributed by atoms with Crippen LogP contribution in [0, 0.1) is 6.92 Å². The second kappa shape index (κ2) is 6.52. The molecule has 3 heterocycles. The summed E-state index contributed by atoms with van der Waals surface area (Å²) in [6.45, 7) is 5.26. The maximum Gasteiger partial charge on any atom is 0.269 e. The van der Waals surface area contributed by atoms with E-state index in [4.69, 9.17) is 4.74 Å². The Balaban J connectivity index is 1.59. The number of ether oxygens (including phenoxy) is 1. The summed E-state index contributed by atoms with van der Waals surface area (Å²) in [7, 11) is 2.14. The minimum absolute atomic E-state index is 0.121. The third-order valence-corrected chi connectivity index (χ3v) is 5.29. The van der Waals surface area contributed by atoms with Crippen molar-refractivity contribution in [3.63, 3.8) is 0 Å². The third kappa shape index (κ3) is 3.02. The average molecular weight is 340 g/mol. The van der Waals surface area contributed by atoms with E-state index in [-0.39, 0.29) is 5.56 Å².